The minimum absolute atomic E-state index is 0.221. The summed E-state index contributed by atoms with van der Waals surface area (Å²) in [6.45, 7) is 2.02. The number of imide groups is 1. The minimum Gasteiger partial charge on any atom is -0.322 e. The fourth-order valence-corrected chi connectivity index (χ4v) is 2.80. The van der Waals surface area contributed by atoms with Gasteiger partial charge in [0.15, 0.2) is 0 Å². The maximum atomic E-state index is 12.5. The predicted octanol–water partition coefficient (Wildman–Crippen LogP) is 3.15. The van der Waals surface area contributed by atoms with Crippen molar-refractivity contribution in [1.29, 1.82) is 0 Å². The SMILES string of the molecule is CCc1ccccc1NC(=O)c1cccc(N2C(=O)CCC2=O)c1. The van der Waals surface area contributed by atoms with Crippen molar-refractivity contribution in [2.75, 3.05) is 10.2 Å². The van der Waals surface area contributed by atoms with E-state index in [4.69, 9.17) is 0 Å². The first-order valence-corrected chi connectivity index (χ1v) is 7.95. The third kappa shape index (κ3) is 3.06. The molecule has 1 saturated heterocycles. The summed E-state index contributed by atoms with van der Waals surface area (Å²) in [5.41, 5.74) is 2.67. The van der Waals surface area contributed by atoms with Crippen molar-refractivity contribution >= 4 is 29.1 Å². The molecular weight excluding hydrogens is 304 g/mol. The number of hydrogen-bond donors (Lipinski definition) is 1. The molecule has 0 aliphatic carbocycles. The van der Waals surface area contributed by atoms with Crippen molar-refractivity contribution in [2.24, 2.45) is 0 Å². The highest BCUT2D eigenvalue weighted by Gasteiger charge is 2.30. The number of amides is 3. The first kappa shape index (κ1) is 15.9. The van der Waals surface area contributed by atoms with Crippen LogP contribution in [0.5, 0.6) is 0 Å². The van der Waals surface area contributed by atoms with Gasteiger partial charge in [-0.1, -0.05) is 31.2 Å². The summed E-state index contributed by atoms with van der Waals surface area (Å²) < 4.78 is 0. The lowest BCUT2D eigenvalue weighted by Crippen LogP contribution is -2.28. The predicted molar refractivity (Wildman–Crippen MR) is 91.9 cm³/mol. The number of nitrogens with zero attached hydrogens (tertiary/aromatic N) is 1. The molecule has 0 spiro atoms. The molecule has 0 radical (unpaired) electrons. The lowest BCUT2D eigenvalue weighted by molar-refractivity contribution is -0.121. The maximum absolute atomic E-state index is 12.5. The van der Waals surface area contributed by atoms with Crippen LogP contribution < -0.4 is 10.2 Å². The zero-order valence-electron chi connectivity index (χ0n) is 13.4. The summed E-state index contributed by atoms with van der Waals surface area (Å²) in [6, 6.07) is 14.2. The van der Waals surface area contributed by atoms with E-state index in [9.17, 15) is 14.4 Å². The molecule has 1 N–H and O–H groups in total. The molecule has 0 aromatic heterocycles. The molecular formula is C19H18N2O3. The standard InChI is InChI=1S/C19H18N2O3/c1-2-13-6-3-4-9-16(13)20-19(24)14-7-5-8-15(12-14)21-17(22)10-11-18(21)23/h3-9,12H,2,10-11H2,1H3,(H,20,24). The average molecular weight is 322 g/mol. The fourth-order valence-electron chi connectivity index (χ4n) is 2.80. The van der Waals surface area contributed by atoms with Crippen molar-refractivity contribution in [2.45, 2.75) is 26.2 Å². The van der Waals surface area contributed by atoms with E-state index in [1.807, 2.05) is 31.2 Å². The fraction of sp³-hybridized carbons (Fsp3) is 0.211. The number of rotatable bonds is 4. The minimum atomic E-state index is -0.267. The highest BCUT2D eigenvalue weighted by molar-refractivity contribution is 6.20. The van der Waals surface area contributed by atoms with Crippen molar-refractivity contribution in [3.63, 3.8) is 0 Å². The first-order valence-electron chi connectivity index (χ1n) is 7.95. The third-order valence-corrected chi connectivity index (χ3v) is 4.06. The van der Waals surface area contributed by atoms with Crippen LogP contribution >= 0.6 is 0 Å². The summed E-state index contributed by atoms with van der Waals surface area (Å²) in [4.78, 5) is 37.4. The van der Waals surface area contributed by atoms with Gasteiger partial charge in [-0.05, 0) is 36.2 Å². The van der Waals surface area contributed by atoms with Gasteiger partial charge in [0.2, 0.25) is 11.8 Å². The summed E-state index contributed by atoms with van der Waals surface area (Å²) in [6.07, 6.45) is 1.26. The van der Waals surface area contributed by atoms with E-state index in [1.165, 1.54) is 0 Å². The Labute approximate surface area is 140 Å². The van der Waals surface area contributed by atoms with Gasteiger partial charge in [0, 0.05) is 24.1 Å². The average Bonchev–Trinajstić information content (AvgIpc) is 2.94. The van der Waals surface area contributed by atoms with Gasteiger partial charge < -0.3 is 5.32 Å². The molecule has 2 aromatic rings. The smallest absolute Gasteiger partial charge is 0.255 e. The molecule has 3 rings (SSSR count). The Kier molecular flexibility index (Phi) is 4.42. The molecule has 2 aromatic carbocycles. The van der Waals surface area contributed by atoms with Gasteiger partial charge in [0.1, 0.15) is 0 Å². The number of nitrogens with one attached hydrogen (secondary N) is 1. The zero-order chi connectivity index (χ0) is 17.1. The number of aryl methyl sites for hydroxylation is 1. The van der Waals surface area contributed by atoms with Crippen LogP contribution in [0.2, 0.25) is 0 Å². The van der Waals surface area contributed by atoms with E-state index >= 15 is 0 Å². The lowest BCUT2D eigenvalue weighted by atomic mass is 10.1. The van der Waals surface area contributed by atoms with Gasteiger partial charge in [0.25, 0.3) is 5.91 Å². The van der Waals surface area contributed by atoms with Crippen LogP contribution in [0, 0.1) is 0 Å². The van der Waals surface area contributed by atoms with E-state index < -0.39 is 0 Å². The molecule has 1 aliphatic rings. The number of benzene rings is 2. The van der Waals surface area contributed by atoms with Gasteiger partial charge in [0.05, 0.1) is 5.69 Å². The van der Waals surface area contributed by atoms with E-state index in [1.54, 1.807) is 24.3 Å². The van der Waals surface area contributed by atoms with Gasteiger partial charge in [-0.15, -0.1) is 0 Å². The number of carbonyl (C=O) groups excluding carboxylic acids is 3. The van der Waals surface area contributed by atoms with E-state index in [2.05, 4.69) is 5.32 Å². The highest BCUT2D eigenvalue weighted by atomic mass is 16.2. The van der Waals surface area contributed by atoms with Crippen molar-refractivity contribution in [3.05, 3.63) is 59.7 Å². The monoisotopic (exact) mass is 322 g/mol. The Hall–Kier alpha value is -2.95. The van der Waals surface area contributed by atoms with Crippen LogP contribution in [0.25, 0.3) is 0 Å². The molecule has 5 heteroatoms. The van der Waals surface area contributed by atoms with Gasteiger partial charge >= 0.3 is 0 Å². The topological polar surface area (TPSA) is 66.5 Å². The summed E-state index contributed by atoms with van der Waals surface area (Å²) >= 11 is 0. The van der Waals surface area contributed by atoms with Crippen LogP contribution in [0.15, 0.2) is 48.5 Å². The summed E-state index contributed by atoms with van der Waals surface area (Å²) in [5.74, 6) is -0.723. The van der Waals surface area contributed by atoms with Gasteiger partial charge in [-0.2, -0.15) is 0 Å². The Balaban J connectivity index is 1.85. The quantitative estimate of drug-likeness (QED) is 0.879. The number of anilines is 2. The molecule has 1 heterocycles. The van der Waals surface area contributed by atoms with Crippen LogP contribution in [-0.4, -0.2) is 17.7 Å². The van der Waals surface area contributed by atoms with Crippen LogP contribution in [-0.2, 0) is 16.0 Å². The summed E-state index contributed by atoms with van der Waals surface area (Å²) in [7, 11) is 0. The van der Waals surface area contributed by atoms with Gasteiger partial charge in [-0.3, -0.25) is 19.3 Å². The molecule has 24 heavy (non-hydrogen) atoms. The molecule has 0 saturated carbocycles. The number of para-hydroxylation sites is 1. The van der Waals surface area contributed by atoms with Crippen molar-refractivity contribution in [3.8, 4) is 0 Å². The second-order valence-corrected chi connectivity index (χ2v) is 5.64. The van der Waals surface area contributed by atoms with Crippen molar-refractivity contribution < 1.29 is 14.4 Å². The molecule has 0 unspecified atom stereocenters. The molecule has 122 valence electrons. The Morgan fingerprint density at radius 3 is 2.46 bits per heavy atom. The number of carbonyl (C=O) groups is 3. The Bertz CT molecular complexity index is 798. The molecule has 1 fully saturated rings. The van der Waals surface area contributed by atoms with Crippen LogP contribution in [0.3, 0.4) is 0 Å². The molecule has 3 amide bonds. The van der Waals surface area contributed by atoms with E-state index in [0.29, 0.717) is 11.3 Å². The Morgan fingerprint density at radius 1 is 1.04 bits per heavy atom. The zero-order valence-corrected chi connectivity index (χ0v) is 13.4. The second kappa shape index (κ2) is 6.66. The molecule has 1 aliphatic heterocycles. The van der Waals surface area contributed by atoms with Crippen molar-refractivity contribution in [1.82, 2.24) is 0 Å². The second-order valence-electron chi connectivity index (χ2n) is 5.64. The lowest BCUT2D eigenvalue weighted by Gasteiger charge is -2.15. The van der Waals surface area contributed by atoms with E-state index in [0.717, 1.165) is 22.6 Å². The molecule has 0 atom stereocenters. The number of hydrogen-bond acceptors (Lipinski definition) is 3. The van der Waals surface area contributed by atoms with Crippen LogP contribution in [0.1, 0.15) is 35.7 Å². The largest absolute Gasteiger partial charge is 0.322 e. The van der Waals surface area contributed by atoms with Crippen LogP contribution in [0.4, 0.5) is 11.4 Å². The third-order valence-electron chi connectivity index (χ3n) is 4.06. The first-order chi connectivity index (χ1) is 11.6. The van der Waals surface area contributed by atoms with E-state index in [-0.39, 0.29) is 30.6 Å². The van der Waals surface area contributed by atoms with Gasteiger partial charge in [-0.25, -0.2) is 0 Å². The Morgan fingerprint density at radius 2 is 1.75 bits per heavy atom. The maximum Gasteiger partial charge on any atom is 0.255 e. The molecule has 5 nitrogen and oxygen atoms in total. The molecule has 0 bridgehead atoms. The summed E-state index contributed by atoms with van der Waals surface area (Å²) in [5, 5.41) is 2.89. The normalized spacial score (nSPS) is 14.1. The highest BCUT2D eigenvalue weighted by Crippen LogP contribution is 2.24.